The number of rotatable bonds is 8. The minimum Gasteiger partial charge on any atom is -0.481 e. The van der Waals surface area contributed by atoms with Crippen molar-refractivity contribution < 1.29 is 14.7 Å². The number of nitrogens with one attached hydrogen (secondary N) is 1. The van der Waals surface area contributed by atoms with E-state index >= 15 is 0 Å². The number of hydrogen-bond acceptors (Lipinski definition) is 4. The van der Waals surface area contributed by atoms with Gasteiger partial charge in [0.05, 0.1) is 11.8 Å². The Morgan fingerprint density at radius 3 is 2.62 bits per heavy atom. The molecule has 0 radical (unpaired) electrons. The Bertz CT molecular complexity index is 921. The van der Waals surface area contributed by atoms with Crippen LogP contribution in [0.2, 0.25) is 5.02 Å². The van der Waals surface area contributed by atoms with Gasteiger partial charge in [-0.1, -0.05) is 42.3 Å². The van der Waals surface area contributed by atoms with E-state index in [1.807, 2.05) is 32.0 Å². The number of amides is 1. The molecule has 1 aliphatic carbocycles. The number of aryl methyl sites for hydroxylation is 1. The van der Waals surface area contributed by atoms with Crippen LogP contribution in [0.25, 0.3) is 0 Å². The van der Waals surface area contributed by atoms with E-state index in [1.54, 1.807) is 5.57 Å². The molecule has 6 nitrogen and oxygen atoms in total. The lowest BCUT2D eigenvalue weighted by molar-refractivity contribution is -0.147. The molecule has 0 aromatic heterocycles. The minimum absolute atomic E-state index is 0.0548. The molecule has 34 heavy (non-hydrogen) atoms. The summed E-state index contributed by atoms with van der Waals surface area (Å²) in [7, 11) is 0. The zero-order valence-corrected chi connectivity index (χ0v) is 21.2. The summed E-state index contributed by atoms with van der Waals surface area (Å²) in [5.41, 5.74) is 2.79. The van der Waals surface area contributed by atoms with Crippen LogP contribution < -0.4 is 5.32 Å². The van der Waals surface area contributed by atoms with Crippen LogP contribution in [0, 0.1) is 18.3 Å². The van der Waals surface area contributed by atoms with Gasteiger partial charge in [0, 0.05) is 50.3 Å². The first kappa shape index (κ1) is 25.2. The van der Waals surface area contributed by atoms with Gasteiger partial charge in [-0.3, -0.25) is 19.4 Å². The number of carbonyl (C=O) groups excluding carboxylic acids is 1. The molecule has 1 amide bonds. The fourth-order valence-electron chi connectivity index (χ4n) is 6.00. The zero-order valence-electron chi connectivity index (χ0n) is 20.5. The van der Waals surface area contributed by atoms with Gasteiger partial charge in [-0.25, -0.2) is 0 Å². The summed E-state index contributed by atoms with van der Waals surface area (Å²) >= 11 is 6.45. The van der Waals surface area contributed by atoms with E-state index < -0.39 is 11.4 Å². The maximum Gasteiger partial charge on any atom is 0.304 e. The summed E-state index contributed by atoms with van der Waals surface area (Å²) in [5.74, 6) is -1.07. The molecular weight excluding hydrogens is 450 g/mol. The number of carbonyl (C=O) groups is 2. The van der Waals surface area contributed by atoms with Crippen molar-refractivity contribution >= 4 is 23.5 Å². The number of aliphatic carboxylic acids is 1. The number of hydrogen-bond donors (Lipinski definition) is 2. The van der Waals surface area contributed by atoms with Crippen LogP contribution in [0.15, 0.2) is 29.8 Å². The smallest absolute Gasteiger partial charge is 0.304 e. The summed E-state index contributed by atoms with van der Waals surface area (Å²) in [5, 5.41) is 13.7. The highest BCUT2D eigenvalue weighted by molar-refractivity contribution is 6.31. The highest BCUT2D eigenvalue weighted by Crippen LogP contribution is 2.41. The van der Waals surface area contributed by atoms with E-state index in [2.05, 4.69) is 21.2 Å². The third-order valence-corrected chi connectivity index (χ3v) is 8.47. The van der Waals surface area contributed by atoms with Gasteiger partial charge >= 0.3 is 5.97 Å². The predicted molar refractivity (Wildman–Crippen MR) is 135 cm³/mol. The molecule has 1 aromatic carbocycles. The molecule has 0 unspecified atom stereocenters. The van der Waals surface area contributed by atoms with Gasteiger partial charge in [0.1, 0.15) is 0 Å². The van der Waals surface area contributed by atoms with Crippen LogP contribution in [0.1, 0.15) is 56.6 Å². The molecule has 7 heteroatoms. The third kappa shape index (κ3) is 5.67. The highest BCUT2D eigenvalue weighted by Gasteiger charge is 2.51. The SMILES string of the molecule is Cc1cccc(Cl)c1CN1C[C@@H](C)[C@](CC(=O)O)(C(=O)NC2CCN(CC3=CCCC3)CC2)C1. The quantitative estimate of drug-likeness (QED) is 0.536. The van der Waals surface area contributed by atoms with Gasteiger partial charge in [0.25, 0.3) is 0 Å². The minimum atomic E-state index is -0.924. The topological polar surface area (TPSA) is 72.9 Å². The molecule has 4 rings (SSSR count). The lowest BCUT2D eigenvalue weighted by atomic mass is 9.75. The van der Waals surface area contributed by atoms with Gasteiger partial charge < -0.3 is 10.4 Å². The van der Waals surface area contributed by atoms with Crippen molar-refractivity contribution in [2.75, 3.05) is 32.7 Å². The van der Waals surface area contributed by atoms with E-state index in [0.29, 0.717) is 24.7 Å². The van der Waals surface area contributed by atoms with Gasteiger partial charge in [-0.15, -0.1) is 0 Å². The van der Waals surface area contributed by atoms with Gasteiger partial charge in [0.2, 0.25) is 5.91 Å². The van der Waals surface area contributed by atoms with Crippen LogP contribution >= 0.6 is 11.6 Å². The molecule has 2 atom stereocenters. The Labute approximate surface area is 208 Å². The summed E-state index contributed by atoms with van der Waals surface area (Å²) in [6.07, 6.45) is 7.76. The van der Waals surface area contributed by atoms with Gasteiger partial charge in [-0.2, -0.15) is 0 Å². The summed E-state index contributed by atoms with van der Waals surface area (Å²) in [6, 6.07) is 5.97. The molecule has 2 saturated heterocycles. The standard InChI is InChI=1S/C27H38ClN3O3/c1-19-6-5-9-24(28)23(19)17-31-15-20(2)27(18-31,14-25(32)33)26(34)29-22-10-12-30(13-11-22)16-21-7-3-4-8-21/h5-7,9,20,22H,3-4,8,10-18H2,1-2H3,(H,29,34)(H,32,33)/t20-,27-/m1/s1. The van der Waals surface area contributed by atoms with Crippen molar-refractivity contribution in [3.05, 3.63) is 46.0 Å². The Kier molecular flexibility index (Phi) is 8.01. The molecule has 1 aromatic rings. The maximum atomic E-state index is 13.6. The molecule has 0 bridgehead atoms. The van der Waals surface area contributed by atoms with E-state index in [0.717, 1.165) is 43.6 Å². The van der Waals surface area contributed by atoms with Crippen molar-refractivity contribution in [1.82, 2.24) is 15.1 Å². The number of likely N-dealkylation sites (tertiary alicyclic amines) is 2. The van der Waals surface area contributed by atoms with Crippen molar-refractivity contribution in [2.45, 2.75) is 65.0 Å². The van der Waals surface area contributed by atoms with Crippen molar-refractivity contribution in [3.63, 3.8) is 0 Å². The molecule has 2 N–H and O–H groups in total. The Morgan fingerprint density at radius 1 is 1.21 bits per heavy atom. The molecular formula is C27H38ClN3O3. The number of allylic oxidation sites excluding steroid dienone is 1. The van der Waals surface area contributed by atoms with Crippen molar-refractivity contribution in [2.24, 2.45) is 11.3 Å². The summed E-state index contributed by atoms with van der Waals surface area (Å²) in [4.78, 5) is 30.2. The van der Waals surface area contributed by atoms with Crippen LogP contribution in [0.5, 0.6) is 0 Å². The number of carboxylic acids is 1. The molecule has 0 spiro atoms. The van der Waals surface area contributed by atoms with Gasteiger partial charge in [0.15, 0.2) is 0 Å². The van der Waals surface area contributed by atoms with Crippen LogP contribution in [0.4, 0.5) is 0 Å². The first-order valence-corrected chi connectivity index (χ1v) is 13.0. The fourth-order valence-corrected chi connectivity index (χ4v) is 6.28. The van der Waals surface area contributed by atoms with Crippen LogP contribution in [0.3, 0.4) is 0 Å². The average Bonchev–Trinajstić information content (AvgIpc) is 3.40. The Balaban J connectivity index is 1.39. The number of benzene rings is 1. The maximum absolute atomic E-state index is 13.6. The molecule has 2 heterocycles. The largest absolute Gasteiger partial charge is 0.481 e. The van der Waals surface area contributed by atoms with Crippen LogP contribution in [-0.2, 0) is 16.1 Å². The monoisotopic (exact) mass is 487 g/mol. The third-order valence-electron chi connectivity index (χ3n) is 8.12. The van der Waals surface area contributed by atoms with E-state index in [9.17, 15) is 14.7 Å². The summed E-state index contributed by atoms with van der Waals surface area (Å²) in [6.45, 7) is 8.79. The molecule has 186 valence electrons. The molecule has 3 aliphatic rings. The van der Waals surface area contributed by atoms with E-state index in [4.69, 9.17) is 11.6 Å². The van der Waals surface area contributed by atoms with Gasteiger partial charge in [-0.05, 0) is 62.1 Å². The number of carboxylic acid groups (broad SMARTS) is 1. The lowest BCUT2D eigenvalue weighted by Crippen LogP contribution is -2.53. The fraction of sp³-hybridized carbons (Fsp3) is 0.630. The van der Waals surface area contributed by atoms with Crippen LogP contribution in [-0.4, -0.2) is 65.5 Å². The zero-order chi connectivity index (χ0) is 24.3. The second-order valence-corrected chi connectivity index (χ2v) is 11.0. The first-order chi connectivity index (χ1) is 16.3. The highest BCUT2D eigenvalue weighted by atomic mass is 35.5. The van der Waals surface area contributed by atoms with E-state index in [1.165, 1.54) is 19.3 Å². The normalized spacial score (nSPS) is 26.6. The lowest BCUT2D eigenvalue weighted by Gasteiger charge is -2.36. The number of nitrogens with zero attached hydrogens (tertiary/aromatic N) is 2. The Morgan fingerprint density at radius 2 is 1.97 bits per heavy atom. The Hall–Kier alpha value is -1.89. The summed E-state index contributed by atoms with van der Waals surface area (Å²) < 4.78 is 0. The number of piperidine rings is 1. The molecule has 2 aliphatic heterocycles. The van der Waals surface area contributed by atoms with Crippen molar-refractivity contribution in [1.29, 1.82) is 0 Å². The predicted octanol–water partition coefficient (Wildman–Crippen LogP) is 4.25. The second-order valence-electron chi connectivity index (χ2n) is 10.6. The second kappa shape index (κ2) is 10.8. The average molecular weight is 488 g/mol. The molecule has 2 fully saturated rings. The number of halogens is 1. The van der Waals surface area contributed by atoms with Crippen molar-refractivity contribution in [3.8, 4) is 0 Å². The molecule has 0 saturated carbocycles. The first-order valence-electron chi connectivity index (χ1n) is 12.7. The van der Waals surface area contributed by atoms with E-state index in [-0.39, 0.29) is 24.3 Å².